The molecule has 10 N–H and O–H groups in total. The standard InChI is InChI=1S/C46H81NO41S6/c1-20-23(4)43(78-28(17-74-89(52,53)54)32(20)73-16-15-72-14-13-71-12-11-70-10-9-47)81-34-21(2)25(6)45(85-38(34)41(48)49)83-36-30(19-76-91(58,59)60)79-46(40(88-94(67,68)69)37(36)87-93(64,65)66)82-35-22(3)24(5)44(84-39(35)42(50)51)80-33-26(7)31(86-92(61,62)63)27(8)77-29(33)18-75-90(55,56)57/h20-40,43-46H,9-19,47H2,1-8H3,(H,48,49)(H,50,51)(H,52,53,54)(H,55,56,57)(H,58,59,60)(H,61,62,63)(H,64,65,66)(H,67,68,69)/t20-,21-,22-,23-,24-,25-,26-,27-,28-,29-,30-,31-,32+,33+,34+,35+,36-,37+,38+,39-,40-,43-,44-,45-,46-/m1/s1. The first-order valence-corrected chi connectivity index (χ1v) is 36.7. The highest BCUT2D eigenvalue weighted by Gasteiger charge is 2.59. The predicted molar refractivity (Wildman–Crippen MR) is 301 cm³/mol. The van der Waals surface area contributed by atoms with E-state index in [0.717, 1.165) is 0 Å². The molecule has 5 saturated heterocycles. The molecule has 5 fully saturated rings. The number of ether oxygens (including phenoxy) is 13. The molecule has 0 aliphatic carbocycles. The van der Waals surface area contributed by atoms with Gasteiger partial charge in [0.2, 0.25) is 0 Å². The number of carboxylic acids is 2. The Hall–Kier alpha value is -2.40. The summed E-state index contributed by atoms with van der Waals surface area (Å²) in [4.78, 5) is 26.4. The summed E-state index contributed by atoms with van der Waals surface area (Å²) in [6.45, 7) is 9.18. The van der Waals surface area contributed by atoms with Crippen LogP contribution in [0.2, 0.25) is 0 Å². The second-order valence-corrected chi connectivity index (χ2v) is 28.9. The molecule has 5 heterocycles. The molecule has 94 heavy (non-hydrogen) atoms. The van der Waals surface area contributed by atoms with Crippen LogP contribution in [-0.4, -0.2) is 283 Å². The lowest BCUT2D eigenvalue weighted by Gasteiger charge is -2.51. The zero-order valence-corrected chi connectivity index (χ0v) is 56.2. The first-order valence-electron chi connectivity index (χ1n) is 28.5. The highest BCUT2D eigenvalue weighted by atomic mass is 32.3. The van der Waals surface area contributed by atoms with Gasteiger partial charge in [-0.05, 0) is 24.7 Å². The Labute approximate surface area is 542 Å². The Morgan fingerprint density at radius 2 is 0.681 bits per heavy atom. The number of carbonyl (C=O) groups is 2. The van der Waals surface area contributed by atoms with Crippen molar-refractivity contribution in [1.82, 2.24) is 0 Å². The number of hydrogen-bond acceptors (Lipinski definition) is 34. The van der Waals surface area contributed by atoms with Crippen LogP contribution in [0.25, 0.3) is 0 Å². The fourth-order valence-corrected chi connectivity index (χ4v) is 13.5. The van der Waals surface area contributed by atoms with Gasteiger partial charge in [-0.3, -0.25) is 27.3 Å². The van der Waals surface area contributed by atoms with Crippen LogP contribution in [0.1, 0.15) is 55.4 Å². The van der Waals surface area contributed by atoms with Crippen LogP contribution < -0.4 is 5.73 Å². The highest BCUT2D eigenvalue weighted by molar-refractivity contribution is 7.82. The van der Waals surface area contributed by atoms with E-state index in [1.807, 2.05) is 0 Å². The van der Waals surface area contributed by atoms with Gasteiger partial charge in [0, 0.05) is 30.2 Å². The maximum atomic E-state index is 13.2. The Kier molecular flexibility index (Phi) is 30.4. The van der Waals surface area contributed by atoms with E-state index in [1.54, 1.807) is 13.8 Å². The molecule has 0 unspecified atom stereocenters. The van der Waals surface area contributed by atoms with Crippen LogP contribution in [0.5, 0.6) is 0 Å². The fourth-order valence-electron chi connectivity index (χ4n) is 11.0. The molecule has 0 aromatic carbocycles. The van der Waals surface area contributed by atoms with Gasteiger partial charge in [-0.25, -0.2) is 34.7 Å². The summed E-state index contributed by atoms with van der Waals surface area (Å²) in [6, 6.07) is 0. The molecule has 0 aromatic heterocycles. The van der Waals surface area contributed by atoms with Gasteiger partial charge in [-0.2, -0.15) is 50.5 Å². The Balaban J connectivity index is 1.44. The monoisotopic (exact) mass is 1500 g/mol. The van der Waals surface area contributed by atoms with Crippen molar-refractivity contribution in [1.29, 1.82) is 0 Å². The fraction of sp³-hybridized carbons (Fsp3) is 0.957. The van der Waals surface area contributed by atoms with Crippen molar-refractivity contribution in [2.24, 2.45) is 47.2 Å². The molecule has 25 atom stereocenters. The smallest absolute Gasteiger partial charge is 0.397 e. The summed E-state index contributed by atoms with van der Waals surface area (Å²) in [6.07, 6.45) is -35.3. The van der Waals surface area contributed by atoms with Crippen LogP contribution in [0, 0.1) is 41.4 Å². The minimum atomic E-state index is -6.00. The zero-order valence-electron chi connectivity index (χ0n) is 51.3. The number of hydrogen-bond donors (Lipinski definition) is 9. The molecule has 5 aliphatic rings. The average molecular weight is 1500 g/mol. The largest absolute Gasteiger partial charge is 0.479 e. The van der Waals surface area contributed by atoms with E-state index in [1.165, 1.54) is 41.5 Å². The molecular weight excluding hydrogens is 1410 g/mol. The van der Waals surface area contributed by atoms with Gasteiger partial charge in [0.05, 0.1) is 84.4 Å². The Morgan fingerprint density at radius 3 is 1.10 bits per heavy atom. The number of rotatable bonds is 37. The van der Waals surface area contributed by atoms with E-state index in [0.29, 0.717) is 19.8 Å². The molecule has 0 amide bonds. The van der Waals surface area contributed by atoms with Crippen LogP contribution in [-0.2, 0) is 159 Å². The van der Waals surface area contributed by atoms with Gasteiger partial charge >= 0.3 is 74.3 Å². The summed E-state index contributed by atoms with van der Waals surface area (Å²) >= 11 is 0. The zero-order chi connectivity index (χ0) is 70.8. The van der Waals surface area contributed by atoms with Crippen LogP contribution >= 0.6 is 0 Å². The molecule has 0 spiro atoms. The van der Waals surface area contributed by atoms with Gasteiger partial charge in [0.15, 0.2) is 43.5 Å². The van der Waals surface area contributed by atoms with E-state index in [9.17, 15) is 97.6 Å². The summed E-state index contributed by atoms with van der Waals surface area (Å²) in [5.74, 6) is -11.3. The minimum Gasteiger partial charge on any atom is -0.479 e. The first-order chi connectivity index (χ1) is 43.3. The first kappa shape index (κ1) is 82.3. The molecular formula is C46H81NO41S6. The van der Waals surface area contributed by atoms with Gasteiger partial charge in [0.1, 0.15) is 48.8 Å². The lowest BCUT2D eigenvalue weighted by atomic mass is 9.82. The molecule has 552 valence electrons. The third-order valence-corrected chi connectivity index (χ3v) is 18.7. The average Bonchev–Trinajstić information content (AvgIpc) is 0.767. The number of nitrogens with two attached hydrogens (primary N) is 1. The minimum absolute atomic E-state index is 0.0113. The molecule has 0 radical (unpaired) electrons. The second-order valence-electron chi connectivity index (χ2n) is 22.5. The lowest BCUT2D eigenvalue weighted by molar-refractivity contribution is -0.368. The second kappa shape index (κ2) is 34.8. The SMILES string of the molecule is C[C@@H]1[C@@H](C)[C@H](O[C@H]2[C@H](OS(=O)(=O)O)[C@@H](OS(=O)(=O)O)[C@@H](O[C@H]3[C@H](C)[C@@H](C)[C@H](O[C@H]4[C@H](C)[C@@H](OS(=O)(=O)O)[C@@H](C)O[C@@H]4COS(=O)(=O)O)O[C@H]3C(=O)O)O[C@@H]2COS(=O)(=O)O)O[C@H](C(=O)O)[C@H]1O[C@H]1O[C@H](COS(=O)(=O)O)[C@@H](OCCOCCOCCOCCN)[C@H](C)[C@H]1C. The highest BCUT2D eigenvalue weighted by Crippen LogP contribution is 2.44. The van der Waals surface area contributed by atoms with Crippen molar-refractivity contribution in [3.63, 3.8) is 0 Å². The van der Waals surface area contributed by atoms with Crippen molar-refractivity contribution < 1.29 is 184 Å². The van der Waals surface area contributed by atoms with E-state index in [2.05, 4.69) is 12.5 Å². The van der Waals surface area contributed by atoms with Crippen molar-refractivity contribution in [2.75, 3.05) is 72.6 Å². The molecule has 42 nitrogen and oxygen atoms in total. The van der Waals surface area contributed by atoms with Gasteiger partial charge < -0.3 is 77.5 Å². The third-order valence-electron chi connectivity index (χ3n) is 16.0. The lowest BCUT2D eigenvalue weighted by Crippen LogP contribution is -2.66. The van der Waals surface area contributed by atoms with E-state index < -0.39 is 246 Å². The van der Waals surface area contributed by atoms with E-state index in [-0.39, 0.29) is 33.0 Å². The molecule has 0 saturated carbocycles. The summed E-state index contributed by atoms with van der Waals surface area (Å²) in [7, 11) is -33.1. The summed E-state index contributed by atoms with van der Waals surface area (Å²) in [5, 5.41) is 21.3. The summed E-state index contributed by atoms with van der Waals surface area (Å²) in [5.41, 5.74) is 5.38. The molecule has 5 aliphatic heterocycles. The van der Waals surface area contributed by atoms with Crippen molar-refractivity contribution in [3.05, 3.63) is 0 Å². The van der Waals surface area contributed by atoms with Gasteiger partial charge in [0.25, 0.3) is 0 Å². The van der Waals surface area contributed by atoms with E-state index >= 15 is 0 Å². The maximum Gasteiger partial charge on any atom is 0.397 e. The van der Waals surface area contributed by atoms with Crippen molar-refractivity contribution in [2.45, 2.75) is 166 Å². The molecule has 48 heteroatoms. The Morgan fingerprint density at radius 1 is 0.351 bits per heavy atom. The van der Waals surface area contributed by atoms with Crippen LogP contribution in [0.15, 0.2) is 0 Å². The number of aliphatic carboxylic acids is 2. The normalized spacial score (nSPS) is 37.5. The number of carboxylic acid groups (broad SMARTS) is 2. The van der Waals surface area contributed by atoms with Crippen molar-refractivity contribution in [3.8, 4) is 0 Å². The molecule has 5 rings (SSSR count). The third kappa shape index (κ3) is 25.0. The van der Waals surface area contributed by atoms with Crippen LogP contribution in [0.3, 0.4) is 0 Å². The Bertz CT molecular complexity index is 3150. The summed E-state index contributed by atoms with van der Waals surface area (Å²) < 4.78 is 309. The predicted octanol–water partition coefficient (Wildman–Crippen LogP) is -2.75. The maximum absolute atomic E-state index is 13.2. The van der Waals surface area contributed by atoms with Crippen LogP contribution in [0.4, 0.5) is 0 Å². The topological polar surface area (TPSA) is 602 Å². The van der Waals surface area contributed by atoms with Gasteiger partial charge in [-0.1, -0.05) is 48.5 Å². The molecule has 0 bridgehead atoms. The quantitative estimate of drug-likeness (QED) is 0.0225. The van der Waals surface area contributed by atoms with E-state index in [4.69, 9.17) is 79.9 Å². The van der Waals surface area contributed by atoms with Gasteiger partial charge in [-0.15, -0.1) is 0 Å². The molecule has 0 aromatic rings. The van der Waals surface area contributed by atoms with Crippen molar-refractivity contribution >= 4 is 74.3 Å².